The Kier molecular flexibility index (Phi) is 4.61. The predicted octanol–water partition coefficient (Wildman–Crippen LogP) is 4.88. The summed E-state index contributed by atoms with van der Waals surface area (Å²) in [5.74, 6) is -0.595. The van der Waals surface area contributed by atoms with Gasteiger partial charge in [-0.2, -0.15) is 0 Å². The van der Waals surface area contributed by atoms with Gasteiger partial charge in [0.05, 0.1) is 16.5 Å². The Morgan fingerprint density at radius 2 is 1.79 bits per heavy atom. The van der Waals surface area contributed by atoms with Crippen LogP contribution in [0.4, 0.5) is 0 Å². The van der Waals surface area contributed by atoms with Crippen molar-refractivity contribution >= 4 is 22.5 Å². The van der Waals surface area contributed by atoms with E-state index in [0.29, 0.717) is 16.7 Å². The van der Waals surface area contributed by atoms with E-state index in [2.05, 4.69) is 6.92 Å². The molecule has 0 radical (unpaired) electrons. The average Bonchev–Trinajstić information content (AvgIpc) is 2.69. The summed E-state index contributed by atoms with van der Waals surface area (Å²) in [4.78, 5) is 39.2. The third kappa shape index (κ3) is 2.89. The molecule has 4 rings (SSSR count). The molecule has 2 aromatic carbocycles. The molecule has 5 heteroatoms. The normalized spacial score (nSPS) is 14.0. The average molecular weight is 390 g/mol. The molecule has 1 aliphatic rings. The maximum Gasteiger partial charge on any atom is 0.202 e. The molecule has 1 aromatic heterocycles. The van der Waals surface area contributed by atoms with Gasteiger partial charge in [0.25, 0.3) is 0 Å². The molecule has 5 nitrogen and oxygen atoms in total. The van der Waals surface area contributed by atoms with Crippen LogP contribution >= 0.6 is 0 Å². The molecule has 0 saturated carbocycles. The second-order valence-corrected chi connectivity index (χ2v) is 7.73. The molecule has 0 saturated heterocycles. The lowest BCUT2D eigenvalue weighted by Gasteiger charge is -2.21. The number of phenols is 1. The standard InChI is InChI=1S/C24H22O5/c1-4-5-7-12(2)18-11-17(26)19-13(3)10-15-21(24(19)29-18)23(28)20-14(22(15)27)8-6-9-16(20)25/h6,8-12,25H,4-5,7H2,1-3H3. The van der Waals surface area contributed by atoms with Crippen molar-refractivity contribution in [2.45, 2.75) is 46.0 Å². The summed E-state index contributed by atoms with van der Waals surface area (Å²) in [5, 5.41) is 10.5. The predicted molar refractivity (Wildman–Crippen MR) is 110 cm³/mol. The van der Waals surface area contributed by atoms with Crippen molar-refractivity contribution in [2.24, 2.45) is 0 Å². The molecule has 0 spiro atoms. The highest BCUT2D eigenvalue weighted by atomic mass is 16.3. The van der Waals surface area contributed by atoms with E-state index in [1.54, 1.807) is 13.0 Å². The number of carbonyl (C=O) groups is 2. The van der Waals surface area contributed by atoms with E-state index in [1.807, 2.05) is 6.92 Å². The Balaban J connectivity index is 2.03. The van der Waals surface area contributed by atoms with Gasteiger partial charge in [0.15, 0.2) is 11.2 Å². The Morgan fingerprint density at radius 3 is 2.52 bits per heavy atom. The van der Waals surface area contributed by atoms with E-state index in [4.69, 9.17) is 4.42 Å². The van der Waals surface area contributed by atoms with Gasteiger partial charge in [-0.05, 0) is 31.0 Å². The Hall–Kier alpha value is -3.21. The van der Waals surface area contributed by atoms with Crippen LogP contribution in [-0.2, 0) is 0 Å². The van der Waals surface area contributed by atoms with E-state index in [0.717, 1.165) is 19.3 Å². The van der Waals surface area contributed by atoms with Gasteiger partial charge in [-0.15, -0.1) is 0 Å². The van der Waals surface area contributed by atoms with Crippen molar-refractivity contribution in [2.75, 3.05) is 0 Å². The minimum absolute atomic E-state index is 0.0123. The first-order chi connectivity index (χ1) is 13.8. The van der Waals surface area contributed by atoms with Gasteiger partial charge in [-0.3, -0.25) is 14.4 Å². The highest BCUT2D eigenvalue weighted by molar-refractivity contribution is 6.32. The van der Waals surface area contributed by atoms with Gasteiger partial charge in [-0.25, -0.2) is 0 Å². The van der Waals surface area contributed by atoms with Crippen LogP contribution in [-0.4, -0.2) is 16.7 Å². The fourth-order valence-corrected chi connectivity index (χ4v) is 4.08. The lowest BCUT2D eigenvalue weighted by molar-refractivity contribution is 0.0977. The van der Waals surface area contributed by atoms with Crippen LogP contribution in [0.1, 0.15) is 82.2 Å². The molecular weight excluding hydrogens is 368 g/mol. The highest BCUT2D eigenvalue weighted by Gasteiger charge is 2.35. The number of ketones is 2. The topological polar surface area (TPSA) is 84.6 Å². The number of fused-ring (bicyclic) bond motifs is 4. The minimum Gasteiger partial charge on any atom is -0.507 e. The summed E-state index contributed by atoms with van der Waals surface area (Å²) in [6, 6.07) is 7.49. The van der Waals surface area contributed by atoms with Gasteiger partial charge in [0.1, 0.15) is 17.1 Å². The zero-order valence-electron chi connectivity index (χ0n) is 16.7. The van der Waals surface area contributed by atoms with Crippen molar-refractivity contribution < 1.29 is 19.1 Å². The van der Waals surface area contributed by atoms with Crippen LogP contribution in [0.3, 0.4) is 0 Å². The lowest BCUT2D eigenvalue weighted by atomic mass is 9.81. The number of rotatable bonds is 4. The molecule has 0 bridgehead atoms. The number of aryl methyl sites for hydroxylation is 1. The quantitative estimate of drug-likeness (QED) is 0.537. The first kappa shape index (κ1) is 19.1. The van der Waals surface area contributed by atoms with Crippen LogP contribution in [0.5, 0.6) is 5.75 Å². The van der Waals surface area contributed by atoms with Crippen LogP contribution in [0, 0.1) is 6.92 Å². The molecule has 1 unspecified atom stereocenters. The molecule has 29 heavy (non-hydrogen) atoms. The maximum absolute atomic E-state index is 13.3. The van der Waals surface area contributed by atoms with E-state index in [1.165, 1.54) is 24.3 Å². The molecule has 1 heterocycles. The number of benzene rings is 2. The summed E-state index contributed by atoms with van der Waals surface area (Å²) < 4.78 is 6.10. The summed E-state index contributed by atoms with van der Waals surface area (Å²) in [6.07, 6.45) is 2.88. The fourth-order valence-electron chi connectivity index (χ4n) is 4.08. The smallest absolute Gasteiger partial charge is 0.202 e. The van der Waals surface area contributed by atoms with Crippen LogP contribution in [0.15, 0.2) is 39.5 Å². The maximum atomic E-state index is 13.3. The SMILES string of the molecule is CCCCC(C)c1cc(=O)c2c(C)cc3c(c2o1)C(=O)c1c(O)cccc1C3=O. The third-order valence-corrected chi connectivity index (χ3v) is 5.68. The van der Waals surface area contributed by atoms with Crippen LogP contribution in [0.2, 0.25) is 0 Å². The summed E-state index contributed by atoms with van der Waals surface area (Å²) in [6.45, 7) is 5.81. The van der Waals surface area contributed by atoms with Crippen molar-refractivity contribution in [3.8, 4) is 5.75 Å². The van der Waals surface area contributed by atoms with Gasteiger partial charge in [0.2, 0.25) is 5.78 Å². The number of hydrogen-bond acceptors (Lipinski definition) is 5. The largest absolute Gasteiger partial charge is 0.507 e. The number of carbonyl (C=O) groups excluding carboxylic acids is 2. The molecule has 0 aliphatic heterocycles. The Bertz CT molecular complexity index is 1230. The molecule has 3 aromatic rings. The van der Waals surface area contributed by atoms with Crippen LogP contribution in [0.25, 0.3) is 11.0 Å². The van der Waals surface area contributed by atoms with E-state index >= 15 is 0 Å². The van der Waals surface area contributed by atoms with Crippen molar-refractivity contribution in [1.82, 2.24) is 0 Å². The number of phenolic OH excluding ortho intramolecular Hbond substituents is 1. The monoisotopic (exact) mass is 390 g/mol. The Labute approximate surface area is 168 Å². The summed E-state index contributed by atoms with van der Waals surface area (Å²) >= 11 is 0. The van der Waals surface area contributed by atoms with Crippen molar-refractivity contribution in [3.63, 3.8) is 0 Å². The number of aromatic hydroxyl groups is 1. The molecule has 1 atom stereocenters. The minimum atomic E-state index is -0.501. The third-order valence-electron chi connectivity index (χ3n) is 5.68. The second kappa shape index (κ2) is 6.99. The highest BCUT2D eigenvalue weighted by Crippen LogP contribution is 2.37. The van der Waals surface area contributed by atoms with E-state index in [9.17, 15) is 19.5 Å². The lowest BCUT2D eigenvalue weighted by Crippen LogP contribution is -2.23. The van der Waals surface area contributed by atoms with E-state index < -0.39 is 5.78 Å². The van der Waals surface area contributed by atoms with E-state index in [-0.39, 0.29) is 50.7 Å². The zero-order valence-corrected chi connectivity index (χ0v) is 16.7. The number of unbranched alkanes of at least 4 members (excludes halogenated alkanes) is 1. The molecular formula is C24H22O5. The van der Waals surface area contributed by atoms with Gasteiger partial charge < -0.3 is 9.52 Å². The molecule has 0 amide bonds. The zero-order chi connectivity index (χ0) is 20.9. The summed E-state index contributed by atoms with van der Waals surface area (Å²) in [7, 11) is 0. The summed E-state index contributed by atoms with van der Waals surface area (Å²) in [5.41, 5.74) is 0.889. The second-order valence-electron chi connectivity index (χ2n) is 7.73. The van der Waals surface area contributed by atoms with Crippen molar-refractivity contribution in [3.05, 3.63) is 74.1 Å². The first-order valence-electron chi connectivity index (χ1n) is 9.87. The number of hydrogen-bond donors (Lipinski definition) is 1. The molecule has 1 N–H and O–H groups in total. The van der Waals surface area contributed by atoms with Gasteiger partial charge in [0, 0.05) is 23.1 Å². The fraction of sp³-hybridized carbons (Fsp3) is 0.292. The van der Waals surface area contributed by atoms with Gasteiger partial charge >= 0.3 is 0 Å². The van der Waals surface area contributed by atoms with Gasteiger partial charge in [-0.1, -0.05) is 38.8 Å². The Morgan fingerprint density at radius 1 is 1.03 bits per heavy atom. The molecule has 1 aliphatic carbocycles. The van der Waals surface area contributed by atoms with Crippen LogP contribution < -0.4 is 5.43 Å². The molecule has 148 valence electrons. The van der Waals surface area contributed by atoms with Crippen molar-refractivity contribution in [1.29, 1.82) is 0 Å². The molecule has 0 fully saturated rings. The first-order valence-corrected chi connectivity index (χ1v) is 9.87.